The van der Waals surface area contributed by atoms with Crippen LogP contribution in [0.4, 0.5) is 0 Å². The lowest BCUT2D eigenvalue weighted by atomic mass is 10.2. The highest BCUT2D eigenvalue weighted by molar-refractivity contribution is 5.72. The molecule has 1 atom stereocenters. The summed E-state index contributed by atoms with van der Waals surface area (Å²) in [4.78, 5) is 13.1. The fraction of sp³-hybridized carbons (Fsp3) is 0.545. The first kappa shape index (κ1) is 11.8. The number of rotatable bonds is 4. The molecule has 0 fully saturated rings. The molecule has 1 rings (SSSR count). The number of methoxy groups -OCH3 is 1. The molecule has 1 aromatic rings. The zero-order chi connectivity index (χ0) is 11.4. The number of carbonyl (C=O) groups excluding carboxylic acids is 1. The van der Waals surface area contributed by atoms with Gasteiger partial charge in [-0.25, -0.2) is 0 Å². The minimum atomic E-state index is -0.250. The molecule has 0 aliphatic rings. The van der Waals surface area contributed by atoms with Crippen molar-refractivity contribution >= 4 is 5.97 Å². The van der Waals surface area contributed by atoms with Crippen molar-refractivity contribution in [3.63, 3.8) is 0 Å². The molecule has 15 heavy (non-hydrogen) atoms. The highest BCUT2D eigenvalue weighted by Gasteiger charge is 2.13. The van der Waals surface area contributed by atoms with Crippen molar-refractivity contribution in [1.29, 1.82) is 0 Å². The molecular formula is C11H17NO3. The maximum Gasteiger partial charge on any atom is 0.310 e. The standard InChI is InChI=1S/C11H17NO3/c1-8(12(2)3)10-5-9(7-15-10)6-11(13)14-4/h5,7-8H,6H2,1-4H3. The third-order valence-electron chi connectivity index (χ3n) is 2.44. The van der Waals surface area contributed by atoms with E-state index in [4.69, 9.17) is 4.42 Å². The SMILES string of the molecule is COC(=O)Cc1coc(C(C)N(C)C)c1. The number of esters is 1. The Kier molecular flexibility index (Phi) is 3.91. The first-order chi connectivity index (χ1) is 7.04. The van der Waals surface area contributed by atoms with Gasteiger partial charge in [-0.05, 0) is 27.1 Å². The molecule has 1 unspecified atom stereocenters. The number of hydrogen-bond acceptors (Lipinski definition) is 4. The average Bonchev–Trinajstić information content (AvgIpc) is 2.64. The molecule has 84 valence electrons. The van der Waals surface area contributed by atoms with E-state index in [1.54, 1.807) is 6.26 Å². The van der Waals surface area contributed by atoms with Crippen molar-refractivity contribution in [2.24, 2.45) is 0 Å². The molecule has 0 N–H and O–H groups in total. The molecule has 0 aromatic carbocycles. The van der Waals surface area contributed by atoms with Gasteiger partial charge in [0, 0.05) is 5.56 Å². The van der Waals surface area contributed by atoms with Crippen LogP contribution in [0.25, 0.3) is 0 Å². The van der Waals surface area contributed by atoms with Crippen LogP contribution in [-0.4, -0.2) is 32.1 Å². The van der Waals surface area contributed by atoms with Gasteiger partial charge in [-0.15, -0.1) is 0 Å². The van der Waals surface area contributed by atoms with Crippen LogP contribution < -0.4 is 0 Å². The molecule has 0 bridgehead atoms. The molecule has 0 spiro atoms. The summed E-state index contributed by atoms with van der Waals surface area (Å²) >= 11 is 0. The number of nitrogens with zero attached hydrogens (tertiary/aromatic N) is 1. The minimum absolute atomic E-state index is 0.205. The Balaban J connectivity index is 2.68. The van der Waals surface area contributed by atoms with Crippen LogP contribution in [0.5, 0.6) is 0 Å². The molecule has 0 aliphatic heterocycles. The summed E-state index contributed by atoms with van der Waals surface area (Å²) in [5.41, 5.74) is 0.852. The van der Waals surface area contributed by atoms with Gasteiger partial charge >= 0.3 is 5.97 Å². The summed E-state index contributed by atoms with van der Waals surface area (Å²) in [7, 11) is 5.34. The Labute approximate surface area is 89.8 Å². The number of furan rings is 1. The van der Waals surface area contributed by atoms with Gasteiger partial charge in [0.05, 0.1) is 25.8 Å². The Morgan fingerprint density at radius 2 is 2.27 bits per heavy atom. The molecule has 0 amide bonds. The van der Waals surface area contributed by atoms with E-state index in [9.17, 15) is 4.79 Å². The molecule has 4 heteroatoms. The maximum absolute atomic E-state index is 11.0. The van der Waals surface area contributed by atoms with Gasteiger partial charge < -0.3 is 9.15 Å². The second-order valence-electron chi connectivity index (χ2n) is 3.75. The predicted molar refractivity (Wildman–Crippen MR) is 56.5 cm³/mol. The van der Waals surface area contributed by atoms with E-state index in [0.717, 1.165) is 11.3 Å². The van der Waals surface area contributed by atoms with E-state index in [-0.39, 0.29) is 18.4 Å². The van der Waals surface area contributed by atoms with E-state index in [1.807, 2.05) is 32.0 Å². The highest BCUT2D eigenvalue weighted by Crippen LogP contribution is 2.20. The van der Waals surface area contributed by atoms with Gasteiger partial charge in [0.25, 0.3) is 0 Å². The number of hydrogen-bond donors (Lipinski definition) is 0. The molecule has 0 aliphatic carbocycles. The summed E-state index contributed by atoms with van der Waals surface area (Å²) < 4.78 is 9.96. The summed E-state index contributed by atoms with van der Waals surface area (Å²) in [6.07, 6.45) is 1.87. The van der Waals surface area contributed by atoms with E-state index in [2.05, 4.69) is 4.74 Å². The quantitative estimate of drug-likeness (QED) is 0.710. The smallest absolute Gasteiger partial charge is 0.310 e. The maximum atomic E-state index is 11.0. The first-order valence-corrected chi connectivity index (χ1v) is 4.85. The molecule has 1 heterocycles. The molecule has 0 radical (unpaired) electrons. The van der Waals surface area contributed by atoms with Crippen LogP contribution in [0.3, 0.4) is 0 Å². The van der Waals surface area contributed by atoms with Crippen molar-refractivity contribution in [3.05, 3.63) is 23.7 Å². The van der Waals surface area contributed by atoms with E-state index < -0.39 is 0 Å². The van der Waals surface area contributed by atoms with Crippen LogP contribution in [-0.2, 0) is 16.0 Å². The van der Waals surface area contributed by atoms with Crippen molar-refractivity contribution in [1.82, 2.24) is 4.90 Å². The summed E-state index contributed by atoms with van der Waals surface area (Å²) in [6.45, 7) is 2.04. The highest BCUT2D eigenvalue weighted by atomic mass is 16.5. The Hall–Kier alpha value is -1.29. The summed E-state index contributed by atoms with van der Waals surface area (Å²) in [6, 6.07) is 2.10. The second-order valence-corrected chi connectivity index (χ2v) is 3.75. The zero-order valence-corrected chi connectivity index (χ0v) is 9.61. The van der Waals surface area contributed by atoms with Crippen LogP contribution in [0.1, 0.15) is 24.3 Å². The first-order valence-electron chi connectivity index (χ1n) is 4.85. The van der Waals surface area contributed by atoms with Gasteiger partial charge in [-0.3, -0.25) is 9.69 Å². The monoisotopic (exact) mass is 211 g/mol. The van der Waals surface area contributed by atoms with Gasteiger partial charge in [0.15, 0.2) is 0 Å². The van der Waals surface area contributed by atoms with Crippen LogP contribution in [0, 0.1) is 0 Å². The van der Waals surface area contributed by atoms with Gasteiger partial charge in [0.1, 0.15) is 5.76 Å². The largest absolute Gasteiger partial charge is 0.469 e. The van der Waals surface area contributed by atoms with Crippen molar-refractivity contribution in [2.45, 2.75) is 19.4 Å². The lowest BCUT2D eigenvalue weighted by Gasteiger charge is -2.16. The van der Waals surface area contributed by atoms with Crippen LogP contribution >= 0.6 is 0 Å². The van der Waals surface area contributed by atoms with Gasteiger partial charge in [0.2, 0.25) is 0 Å². The summed E-state index contributed by atoms with van der Waals surface area (Å²) in [5.74, 6) is 0.610. The Bertz CT molecular complexity index is 330. The second kappa shape index (κ2) is 4.98. The van der Waals surface area contributed by atoms with Crippen molar-refractivity contribution in [3.8, 4) is 0 Å². The normalized spacial score (nSPS) is 12.9. The molecule has 0 saturated heterocycles. The van der Waals surface area contributed by atoms with Crippen LogP contribution in [0.2, 0.25) is 0 Å². The van der Waals surface area contributed by atoms with E-state index in [1.165, 1.54) is 7.11 Å². The third-order valence-corrected chi connectivity index (χ3v) is 2.44. The topological polar surface area (TPSA) is 42.7 Å². The Morgan fingerprint density at radius 1 is 1.60 bits per heavy atom. The van der Waals surface area contributed by atoms with E-state index in [0.29, 0.717) is 0 Å². The van der Waals surface area contributed by atoms with Gasteiger partial charge in [-0.1, -0.05) is 0 Å². The lowest BCUT2D eigenvalue weighted by molar-refractivity contribution is -0.139. The molecule has 4 nitrogen and oxygen atoms in total. The molecule has 0 saturated carbocycles. The third kappa shape index (κ3) is 3.09. The predicted octanol–water partition coefficient (Wildman–Crippen LogP) is 1.62. The molecule has 1 aromatic heterocycles. The fourth-order valence-corrected chi connectivity index (χ4v) is 1.20. The summed E-state index contributed by atoms with van der Waals surface area (Å²) in [5, 5.41) is 0. The Morgan fingerprint density at radius 3 is 2.80 bits per heavy atom. The van der Waals surface area contributed by atoms with Crippen LogP contribution in [0.15, 0.2) is 16.7 Å². The van der Waals surface area contributed by atoms with Gasteiger partial charge in [-0.2, -0.15) is 0 Å². The minimum Gasteiger partial charge on any atom is -0.469 e. The zero-order valence-electron chi connectivity index (χ0n) is 9.61. The van der Waals surface area contributed by atoms with Crippen molar-refractivity contribution < 1.29 is 13.9 Å². The fourth-order valence-electron chi connectivity index (χ4n) is 1.20. The van der Waals surface area contributed by atoms with Crippen molar-refractivity contribution in [2.75, 3.05) is 21.2 Å². The average molecular weight is 211 g/mol. The number of carbonyl (C=O) groups is 1. The van der Waals surface area contributed by atoms with E-state index >= 15 is 0 Å². The lowest BCUT2D eigenvalue weighted by Crippen LogP contribution is -2.16. The molecular weight excluding hydrogens is 194 g/mol. The number of ether oxygens (including phenoxy) is 1.